The number of rotatable bonds is 3. The van der Waals surface area contributed by atoms with Gasteiger partial charge in [-0.25, -0.2) is 0 Å². The van der Waals surface area contributed by atoms with Crippen LogP contribution in [0.3, 0.4) is 0 Å². The second-order valence-corrected chi connectivity index (χ2v) is 3.21. The van der Waals surface area contributed by atoms with E-state index in [9.17, 15) is 0 Å². The second kappa shape index (κ2) is 4.36. The summed E-state index contributed by atoms with van der Waals surface area (Å²) >= 11 is 5.68. The van der Waals surface area contributed by atoms with Crippen molar-refractivity contribution in [3.8, 4) is 5.75 Å². The van der Waals surface area contributed by atoms with E-state index < -0.39 is 0 Å². The molecule has 0 aliphatic heterocycles. The Hall–Kier alpha value is -0.690. The molecule has 0 spiro atoms. The molecule has 0 fully saturated rings. The number of ether oxygens (including phenoxy) is 1. The summed E-state index contributed by atoms with van der Waals surface area (Å²) in [4.78, 5) is 0. The summed E-state index contributed by atoms with van der Waals surface area (Å²) in [6.45, 7) is 4.01. The fourth-order valence-electron chi connectivity index (χ4n) is 0.974. The van der Waals surface area contributed by atoms with Gasteiger partial charge in [-0.3, -0.25) is 0 Å². The third-order valence-corrected chi connectivity index (χ3v) is 1.73. The molecule has 0 aromatic heterocycles. The van der Waals surface area contributed by atoms with Crippen LogP contribution in [0.4, 0.5) is 0 Å². The van der Waals surface area contributed by atoms with Gasteiger partial charge in [-0.15, -0.1) is 11.6 Å². The van der Waals surface area contributed by atoms with Gasteiger partial charge in [-0.1, -0.05) is 12.1 Å². The molecule has 2 heteroatoms. The van der Waals surface area contributed by atoms with Crippen LogP contribution >= 0.6 is 11.6 Å². The number of alkyl halides is 1. The molecule has 0 saturated carbocycles. The van der Waals surface area contributed by atoms with Crippen LogP contribution in [-0.2, 0) is 5.88 Å². The second-order valence-electron chi connectivity index (χ2n) is 2.95. The average molecular weight is 185 g/mol. The smallest absolute Gasteiger partial charge is 0.120 e. The molecular weight excluding hydrogens is 172 g/mol. The van der Waals surface area contributed by atoms with Crippen LogP contribution in [0.5, 0.6) is 5.75 Å². The van der Waals surface area contributed by atoms with E-state index in [-0.39, 0.29) is 6.10 Å². The van der Waals surface area contributed by atoms with Crippen LogP contribution in [0.1, 0.15) is 19.4 Å². The van der Waals surface area contributed by atoms with Gasteiger partial charge < -0.3 is 4.74 Å². The maximum absolute atomic E-state index is 5.68. The molecule has 0 N–H and O–H groups in total. The van der Waals surface area contributed by atoms with Crippen molar-refractivity contribution in [2.75, 3.05) is 0 Å². The lowest BCUT2D eigenvalue weighted by Crippen LogP contribution is -2.05. The summed E-state index contributed by atoms with van der Waals surface area (Å²) in [5.41, 5.74) is 1.09. The van der Waals surface area contributed by atoms with Gasteiger partial charge in [0.05, 0.1) is 6.10 Å². The molecule has 0 heterocycles. The van der Waals surface area contributed by atoms with Crippen LogP contribution in [0.25, 0.3) is 0 Å². The quantitative estimate of drug-likeness (QED) is 0.656. The molecule has 0 radical (unpaired) electrons. The highest BCUT2D eigenvalue weighted by molar-refractivity contribution is 6.17. The summed E-state index contributed by atoms with van der Waals surface area (Å²) in [6, 6.07) is 7.85. The number of benzene rings is 1. The number of halogens is 1. The average Bonchev–Trinajstić information content (AvgIpc) is 2.03. The van der Waals surface area contributed by atoms with Crippen LogP contribution < -0.4 is 4.74 Å². The maximum Gasteiger partial charge on any atom is 0.120 e. The van der Waals surface area contributed by atoms with E-state index in [1.165, 1.54) is 0 Å². The predicted octanol–water partition coefficient (Wildman–Crippen LogP) is 3.21. The fourth-order valence-corrected chi connectivity index (χ4v) is 1.14. The summed E-state index contributed by atoms with van der Waals surface area (Å²) in [6.07, 6.45) is 0.218. The molecule has 0 unspecified atom stereocenters. The SMILES string of the molecule is CC(C)Oc1cccc(CCl)c1. The molecule has 0 aliphatic carbocycles. The first-order valence-electron chi connectivity index (χ1n) is 4.04. The molecule has 12 heavy (non-hydrogen) atoms. The lowest BCUT2D eigenvalue weighted by atomic mass is 10.2. The van der Waals surface area contributed by atoms with Crippen LogP contribution in [0.15, 0.2) is 24.3 Å². The van der Waals surface area contributed by atoms with Gasteiger partial charge in [-0.2, -0.15) is 0 Å². The monoisotopic (exact) mass is 184 g/mol. The van der Waals surface area contributed by atoms with E-state index in [4.69, 9.17) is 16.3 Å². The Balaban J connectivity index is 2.72. The van der Waals surface area contributed by atoms with Crippen LogP contribution in [-0.4, -0.2) is 6.10 Å². The topological polar surface area (TPSA) is 9.23 Å². The van der Waals surface area contributed by atoms with Gasteiger partial charge in [0.25, 0.3) is 0 Å². The lowest BCUT2D eigenvalue weighted by molar-refractivity contribution is 0.242. The third kappa shape index (κ3) is 2.74. The predicted molar refractivity (Wildman–Crippen MR) is 51.8 cm³/mol. The van der Waals surface area contributed by atoms with E-state index in [0.29, 0.717) is 5.88 Å². The minimum absolute atomic E-state index is 0.218. The van der Waals surface area contributed by atoms with E-state index in [0.717, 1.165) is 11.3 Å². The molecule has 0 bridgehead atoms. The zero-order valence-electron chi connectivity index (χ0n) is 7.38. The van der Waals surface area contributed by atoms with Crippen molar-refractivity contribution in [2.45, 2.75) is 25.8 Å². The van der Waals surface area contributed by atoms with Crippen molar-refractivity contribution >= 4 is 11.6 Å². The Morgan fingerprint density at radius 1 is 1.42 bits per heavy atom. The van der Waals surface area contributed by atoms with Gasteiger partial charge >= 0.3 is 0 Å². The molecule has 1 aromatic rings. The maximum atomic E-state index is 5.68. The first kappa shape index (κ1) is 9.40. The number of hydrogen-bond donors (Lipinski definition) is 0. The van der Waals surface area contributed by atoms with Crippen molar-refractivity contribution in [3.63, 3.8) is 0 Å². The zero-order valence-corrected chi connectivity index (χ0v) is 8.14. The number of hydrogen-bond acceptors (Lipinski definition) is 1. The van der Waals surface area contributed by atoms with Gasteiger partial charge in [0.1, 0.15) is 5.75 Å². The molecule has 1 rings (SSSR count). The zero-order chi connectivity index (χ0) is 8.97. The van der Waals surface area contributed by atoms with Crippen LogP contribution in [0, 0.1) is 0 Å². The molecular formula is C10H13ClO. The lowest BCUT2D eigenvalue weighted by Gasteiger charge is -2.09. The molecule has 0 saturated heterocycles. The first-order chi connectivity index (χ1) is 5.72. The van der Waals surface area contributed by atoms with E-state index in [1.54, 1.807) is 0 Å². The van der Waals surface area contributed by atoms with Gasteiger partial charge in [0.15, 0.2) is 0 Å². The highest BCUT2D eigenvalue weighted by Crippen LogP contribution is 2.15. The molecule has 0 amide bonds. The summed E-state index contributed by atoms with van der Waals surface area (Å²) < 4.78 is 5.50. The minimum atomic E-state index is 0.218. The molecule has 1 aromatic carbocycles. The fraction of sp³-hybridized carbons (Fsp3) is 0.400. The molecule has 0 atom stereocenters. The summed E-state index contributed by atoms with van der Waals surface area (Å²) in [5, 5.41) is 0. The van der Waals surface area contributed by atoms with E-state index >= 15 is 0 Å². The summed E-state index contributed by atoms with van der Waals surface area (Å²) in [7, 11) is 0. The normalized spacial score (nSPS) is 10.3. The Morgan fingerprint density at radius 3 is 2.75 bits per heavy atom. The first-order valence-corrected chi connectivity index (χ1v) is 4.57. The van der Waals surface area contributed by atoms with Crippen molar-refractivity contribution in [1.82, 2.24) is 0 Å². The Bertz CT molecular complexity index is 245. The van der Waals surface area contributed by atoms with Crippen LogP contribution in [0.2, 0.25) is 0 Å². The molecule has 1 nitrogen and oxygen atoms in total. The van der Waals surface area contributed by atoms with E-state index in [1.807, 2.05) is 38.1 Å². The third-order valence-electron chi connectivity index (χ3n) is 1.42. The highest BCUT2D eigenvalue weighted by Gasteiger charge is 1.97. The van der Waals surface area contributed by atoms with E-state index in [2.05, 4.69) is 0 Å². The minimum Gasteiger partial charge on any atom is -0.491 e. The van der Waals surface area contributed by atoms with Crippen molar-refractivity contribution in [1.29, 1.82) is 0 Å². The Kier molecular flexibility index (Phi) is 3.42. The van der Waals surface area contributed by atoms with Crippen molar-refractivity contribution in [2.24, 2.45) is 0 Å². The Morgan fingerprint density at radius 2 is 2.17 bits per heavy atom. The molecule has 66 valence electrons. The van der Waals surface area contributed by atoms with Gasteiger partial charge in [0.2, 0.25) is 0 Å². The summed E-state index contributed by atoms with van der Waals surface area (Å²) in [5.74, 6) is 1.43. The largest absolute Gasteiger partial charge is 0.491 e. The van der Waals surface area contributed by atoms with Gasteiger partial charge in [0, 0.05) is 5.88 Å². The Labute approximate surface area is 78.3 Å². The van der Waals surface area contributed by atoms with Crippen molar-refractivity contribution in [3.05, 3.63) is 29.8 Å². The van der Waals surface area contributed by atoms with Crippen molar-refractivity contribution < 1.29 is 4.74 Å². The standard InChI is InChI=1S/C10H13ClO/c1-8(2)12-10-5-3-4-9(6-10)7-11/h3-6,8H,7H2,1-2H3. The highest BCUT2D eigenvalue weighted by atomic mass is 35.5. The van der Waals surface area contributed by atoms with Gasteiger partial charge in [-0.05, 0) is 31.5 Å². The molecule has 0 aliphatic rings.